The number of thiazole rings is 1. The van der Waals surface area contributed by atoms with E-state index in [1.165, 1.54) is 18.0 Å². The smallest absolute Gasteiger partial charge is 0.253 e. The van der Waals surface area contributed by atoms with E-state index in [2.05, 4.69) is 15.5 Å². The molecule has 0 fully saturated rings. The predicted octanol–water partition coefficient (Wildman–Crippen LogP) is 4.79. The number of aromatic hydroxyl groups is 1. The van der Waals surface area contributed by atoms with E-state index in [4.69, 9.17) is 0 Å². The second kappa shape index (κ2) is 8.00. The summed E-state index contributed by atoms with van der Waals surface area (Å²) in [5.41, 5.74) is 4.06. The first kappa shape index (κ1) is 18.5. The minimum Gasteiger partial charge on any atom is -0.507 e. The Morgan fingerprint density at radius 1 is 1.18 bits per heavy atom. The number of phenols is 1. The summed E-state index contributed by atoms with van der Waals surface area (Å²) >= 11 is 2.97. The number of hydrogen-bond donors (Lipinski definition) is 2. The zero-order chi connectivity index (χ0) is 19.5. The standard InChI is InChI=1S/C21H17N3O2S2/c1-13(27-21-23-17-8-4-5-9-19(17)28-21)20(26)24-22-12-16-15-7-3-2-6-14(15)10-11-18(16)25/h2-13,25H,1H3,(H,24,26)/b22-12+/t13-/m0/s1. The lowest BCUT2D eigenvalue weighted by Crippen LogP contribution is -2.26. The number of hydrogen-bond acceptors (Lipinski definition) is 6. The molecule has 0 unspecified atom stereocenters. The number of nitrogens with one attached hydrogen (secondary N) is 1. The quantitative estimate of drug-likeness (QED) is 0.283. The van der Waals surface area contributed by atoms with E-state index in [0.29, 0.717) is 5.56 Å². The van der Waals surface area contributed by atoms with Crippen LogP contribution in [0.15, 0.2) is 70.1 Å². The summed E-state index contributed by atoms with van der Waals surface area (Å²) in [6.07, 6.45) is 1.48. The fourth-order valence-corrected chi connectivity index (χ4v) is 4.98. The zero-order valence-electron chi connectivity index (χ0n) is 15.0. The molecule has 0 saturated carbocycles. The highest BCUT2D eigenvalue weighted by atomic mass is 32.2. The molecule has 1 aromatic heterocycles. The van der Waals surface area contributed by atoms with Crippen molar-refractivity contribution < 1.29 is 9.90 Å². The number of carbonyl (C=O) groups is 1. The second-order valence-electron chi connectivity index (χ2n) is 6.16. The summed E-state index contributed by atoms with van der Waals surface area (Å²) in [5, 5.41) is 15.7. The lowest BCUT2D eigenvalue weighted by molar-refractivity contribution is -0.120. The van der Waals surface area contributed by atoms with Gasteiger partial charge in [-0.15, -0.1) is 11.3 Å². The fraction of sp³-hybridized carbons (Fsp3) is 0.0952. The third-order valence-electron chi connectivity index (χ3n) is 4.24. The summed E-state index contributed by atoms with van der Waals surface area (Å²) in [6, 6.07) is 19.1. The highest BCUT2D eigenvalue weighted by Crippen LogP contribution is 2.32. The molecule has 28 heavy (non-hydrogen) atoms. The van der Waals surface area contributed by atoms with Gasteiger partial charge in [0.15, 0.2) is 4.34 Å². The molecule has 0 bridgehead atoms. The van der Waals surface area contributed by atoms with Crippen molar-refractivity contribution in [1.82, 2.24) is 10.4 Å². The Balaban J connectivity index is 1.44. The number of para-hydroxylation sites is 1. The van der Waals surface area contributed by atoms with Crippen molar-refractivity contribution in [2.45, 2.75) is 16.5 Å². The molecule has 5 nitrogen and oxygen atoms in total. The molecule has 0 spiro atoms. The maximum atomic E-state index is 12.4. The molecule has 3 aromatic carbocycles. The topological polar surface area (TPSA) is 74.6 Å². The Morgan fingerprint density at radius 2 is 1.96 bits per heavy atom. The van der Waals surface area contributed by atoms with Crippen molar-refractivity contribution in [2.24, 2.45) is 5.10 Å². The molecule has 7 heteroatoms. The van der Waals surface area contributed by atoms with Gasteiger partial charge in [-0.2, -0.15) is 5.10 Å². The Labute approximate surface area is 170 Å². The SMILES string of the molecule is C[C@H](Sc1nc2ccccc2s1)C(=O)N/N=C/c1c(O)ccc2ccccc12. The average Bonchev–Trinajstić information content (AvgIpc) is 3.11. The lowest BCUT2D eigenvalue weighted by Gasteiger charge is -2.07. The van der Waals surface area contributed by atoms with E-state index in [1.54, 1.807) is 17.4 Å². The van der Waals surface area contributed by atoms with Crippen molar-refractivity contribution in [2.75, 3.05) is 0 Å². The summed E-state index contributed by atoms with van der Waals surface area (Å²) in [4.78, 5) is 16.9. The van der Waals surface area contributed by atoms with Crippen molar-refractivity contribution in [3.63, 3.8) is 0 Å². The van der Waals surface area contributed by atoms with E-state index in [-0.39, 0.29) is 16.9 Å². The van der Waals surface area contributed by atoms with Crippen LogP contribution in [0.25, 0.3) is 21.0 Å². The third kappa shape index (κ3) is 3.85. The molecule has 0 aliphatic carbocycles. The highest BCUT2D eigenvalue weighted by Gasteiger charge is 2.16. The van der Waals surface area contributed by atoms with Crippen LogP contribution in [-0.4, -0.2) is 27.5 Å². The van der Waals surface area contributed by atoms with Gasteiger partial charge in [-0.05, 0) is 35.9 Å². The van der Waals surface area contributed by atoms with Crippen molar-refractivity contribution in [3.8, 4) is 5.75 Å². The van der Waals surface area contributed by atoms with Crippen LogP contribution < -0.4 is 5.43 Å². The molecular weight excluding hydrogens is 390 g/mol. The molecular formula is C21H17N3O2S2. The number of fused-ring (bicyclic) bond motifs is 2. The molecule has 2 N–H and O–H groups in total. The minimum absolute atomic E-state index is 0.119. The van der Waals surface area contributed by atoms with Crippen LogP contribution in [-0.2, 0) is 4.79 Å². The largest absolute Gasteiger partial charge is 0.507 e. The molecule has 0 saturated heterocycles. The Bertz CT molecular complexity index is 1150. The van der Waals surface area contributed by atoms with Crippen LogP contribution >= 0.6 is 23.1 Å². The summed E-state index contributed by atoms with van der Waals surface area (Å²) in [7, 11) is 0. The Morgan fingerprint density at radius 3 is 2.82 bits per heavy atom. The number of aromatic nitrogens is 1. The molecule has 4 rings (SSSR count). The first-order chi connectivity index (χ1) is 13.6. The normalized spacial score (nSPS) is 12.6. The van der Waals surface area contributed by atoms with E-state index in [1.807, 2.05) is 61.5 Å². The van der Waals surface area contributed by atoms with Gasteiger partial charge in [0.2, 0.25) is 0 Å². The van der Waals surface area contributed by atoms with Gasteiger partial charge in [0.1, 0.15) is 5.75 Å². The van der Waals surface area contributed by atoms with Gasteiger partial charge in [-0.3, -0.25) is 4.79 Å². The van der Waals surface area contributed by atoms with E-state index in [0.717, 1.165) is 25.3 Å². The number of hydrazone groups is 1. The third-order valence-corrected chi connectivity index (χ3v) is 6.47. The van der Waals surface area contributed by atoms with Crippen LogP contribution in [0.2, 0.25) is 0 Å². The van der Waals surface area contributed by atoms with Crippen LogP contribution in [0.1, 0.15) is 12.5 Å². The molecule has 1 amide bonds. The monoisotopic (exact) mass is 407 g/mol. The average molecular weight is 408 g/mol. The first-order valence-corrected chi connectivity index (χ1v) is 10.4. The lowest BCUT2D eigenvalue weighted by atomic mass is 10.0. The Kier molecular flexibility index (Phi) is 5.27. The van der Waals surface area contributed by atoms with Crippen LogP contribution in [0, 0.1) is 0 Å². The summed E-state index contributed by atoms with van der Waals surface area (Å²) < 4.78 is 1.95. The fourth-order valence-electron chi connectivity index (χ4n) is 2.78. The van der Waals surface area contributed by atoms with E-state index < -0.39 is 0 Å². The number of thioether (sulfide) groups is 1. The number of phenolic OH excluding ortho intramolecular Hbond substituents is 1. The molecule has 140 valence electrons. The molecule has 0 aliphatic rings. The van der Waals surface area contributed by atoms with Gasteiger partial charge in [0.25, 0.3) is 5.91 Å². The summed E-state index contributed by atoms with van der Waals surface area (Å²) in [6.45, 7) is 1.82. The number of nitrogens with zero attached hydrogens (tertiary/aromatic N) is 2. The van der Waals surface area contributed by atoms with Gasteiger partial charge in [-0.1, -0.05) is 54.2 Å². The van der Waals surface area contributed by atoms with Crippen LogP contribution in [0.5, 0.6) is 5.75 Å². The Hall–Kier alpha value is -2.90. The highest BCUT2D eigenvalue weighted by molar-refractivity contribution is 8.02. The second-order valence-corrected chi connectivity index (χ2v) is 8.78. The van der Waals surface area contributed by atoms with Crippen molar-refractivity contribution >= 4 is 56.2 Å². The van der Waals surface area contributed by atoms with Crippen LogP contribution in [0.3, 0.4) is 0 Å². The van der Waals surface area contributed by atoms with E-state index in [9.17, 15) is 9.90 Å². The minimum atomic E-state index is -0.348. The van der Waals surface area contributed by atoms with Gasteiger partial charge >= 0.3 is 0 Å². The number of amides is 1. The van der Waals surface area contributed by atoms with Gasteiger partial charge in [0, 0.05) is 5.56 Å². The van der Waals surface area contributed by atoms with Crippen molar-refractivity contribution in [1.29, 1.82) is 0 Å². The first-order valence-electron chi connectivity index (χ1n) is 8.67. The molecule has 0 aliphatic heterocycles. The van der Waals surface area contributed by atoms with Gasteiger partial charge in [0.05, 0.1) is 21.7 Å². The zero-order valence-corrected chi connectivity index (χ0v) is 16.6. The number of benzene rings is 3. The number of carbonyl (C=O) groups excluding carboxylic acids is 1. The molecule has 4 aromatic rings. The van der Waals surface area contributed by atoms with Gasteiger partial charge < -0.3 is 5.11 Å². The van der Waals surface area contributed by atoms with E-state index >= 15 is 0 Å². The predicted molar refractivity (Wildman–Crippen MR) is 116 cm³/mol. The van der Waals surface area contributed by atoms with Crippen molar-refractivity contribution in [3.05, 3.63) is 66.2 Å². The molecule has 1 heterocycles. The molecule has 0 radical (unpaired) electrons. The van der Waals surface area contributed by atoms with Gasteiger partial charge in [-0.25, -0.2) is 10.4 Å². The maximum absolute atomic E-state index is 12.4. The summed E-state index contributed by atoms with van der Waals surface area (Å²) in [5.74, 6) is -0.103. The number of rotatable bonds is 5. The maximum Gasteiger partial charge on any atom is 0.253 e. The molecule has 1 atom stereocenters. The van der Waals surface area contributed by atoms with Crippen LogP contribution in [0.4, 0.5) is 0 Å².